The number of anilines is 1. The normalized spacial score (nSPS) is 15.8. The van der Waals surface area contributed by atoms with Crippen LogP contribution in [0.5, 0.6) is 0 Å². The lowest BCUT2D eigenvalue weighted by Crippen LogP contribution is -2.32. The summed E-state index contributed by atoms with van der Waals surface area (Å²) >= 11 is 0. The molecule has 1 amide bonds. The van der Waals surface area contributed by atoms with Crippen LogP contribution in [0.15, 0.2) is 96.4 Å². The first kappa shape index (κ1) is 19.1. The number of nitrogens with zero attached hydrogens (tertiary/aromatic N) is 4. The largest absolute Gasteiger partial charge is 0.351 e. The summed E-state index contributed by atoms with van der Waals surface area (Å²) in [5.41, 5.74) is 4.53. The van der Waals surface area contributed by atoms with Crippen LogP contribution in [0.25, 0.3) is 5.65 Å². The van der Waals surface area contributed by atoms with Gasteiger partial charge in [-0.3, -0.25) is 9.80 Å². The third kappa shape index (κ3) is 4.05. The highest BCUT2D eigenvalue weighted by Crippen LogP contribution is 2.34. The molecule has 1 aliphatic heterocycles. The zero-order chi connectivity index (χ0) is 21.0. The predicted octanol–water partition coefficient (Wildman–Crippen LogP) is 4.00. The van der Waals surface area contributed by atoms with Crippen LogP contribution in [0.3, 0.4) is 0 Å². The van der Waals surface area contributed by atoms with E-state index in [-0.39, 0.29) is 11.9 Å². The van der Waals surface area contributed by atoms with Crippen molar-refractivity contribution in [3.05, 3.63) is 103 Å². The third-order valence-corrected chi connectivity index (χ3v) is 5.46. The maximum Gasteiger partial charge on any atom is 0.267 e. The Hall–Kier alpha value is -3.93. The van der Waals surface area contributed by atoms with Crippen molar-refractivity contribution >= 4 is 23.0 Å². The third-order valence-electron chi connectivity index (χ3n) is 5.46. The number of aromatic nitrogens is 2. The van der Waals surface area contributed by atoms with E-state index in [9.17, 15) is 4.79 Å². The summed E-state index contributed by atoms with van der Waals surface area (Å²) in [5, 5.41) is 9.66. The minimum absolute atomic E-state index is 0.00258. The van der Waals surface area contributed by atoms with E-state index < -0.39 is 0 Å². The first-order valence-electron chi connectivity index (χ1n) is 10.5. The average Bonchev–Trinajstić information content (AvgIpc) is 3.45. The number of imidazole rings is 1. The van der Waals surface area contributed by atoms with E-state index in [0.717, 1.165) is 22.6 Å². The summed E-state index contributed by atoms with van der Waals surface area (Å²) in [4.78, 5) is 17.5. The van der Waals surface area contributed by atoms with Crippen LogP contribution in [0.1, 0.15) is 23.7 Å². The van der Waals surface area contributed by atoms with Gasteiger partial charge >= 0.3 is 0 Å². The smallest absolute Gasteiger partial charge is 0.267 e. The summed E-state index contributed by atoms with van der Waals surface area (Å²) in [6, 6.07) is 26.1. The SMILES string of the molecule is O=C(NCCc1cn2ccccc2n1)C1=NN(c2ccccc2)C(c2ccccc2)C1. The maximum absolute atomic E-state index is 12.9. The van der Waals surface area contributed by atoms with Crippen LogP contribution >= 0.6 is 0 Å². The number of pyridine rings is 1. The van der Waals surface area contributed by atoms with E-state index in [1.807, 2.05) is 88.5 Å². The van der Waals surface area contributed by atoms with Crippen molar-refractivity contribution in [2.24, 2.45) is 5.10 Å². The molecular weight excluding hydrogens is 386 g/mol. The molecule has 6 heteroatoms. The fraction of sp³-hybridized carbons (Fsp3) is 0.160. The van der Waals surface area contributed by atoms with Crippen molar-refractivity contribution in [1.29, 1.82) is 0 Å². The van der Waals surface area contributed by atoms with Crippen LogP contribution in [0, 0.1) is 0 Å². The molecule has 0 aliphatic carbocycles. The van der Waals surface area contributed by atoms with E-state index in [0.29, 0.717) is 25.1 Å². The number of hydrazone groups is 1. The molecule has 0 spiro atoms. The van der Waals surface area contributed by atoms with Gasteiger partial charge in [-0.2, -0.15) is 5.10 Å². The van der Waals surface area contributed by atoms with Crippen molar-refractivity contribution in [3.63, 3.8) is 0 Å². The van der Waals surface area contributed by atoms with Gasteiger partial charge in [0, 0.05) is 31.8 Å². The number of carbonyl (C=O) groups excluding carboxylic acids is 1. The summed E-state index contributed by atoms with van der Waals surface area (Å²) in [5.74, 6) is -0.122. The zero-order valence-corrected chi connectivity index (χ0v) is 17.1. The highest BCUT2D eigenvalue weighted by molar-refractivity contribution is 6.39. The van der Waals surface area contributed by atoms with Crippen LogP contribution in [-0.2, 0) is 11.2 Å². The molecule has 1 aliphatic rings. The van der Waals surface area contributed by atoms with Gasteiger partial charge in [-0.1, -0.05) is 54.6 Å². The Bertz CT molecular complexity index is 1180. The zero-order valence-electron chi connectivity index (χ0n) is 17.1. The molecular formula is C25H23N5O. The van der Waals surface area contributed by atoms with E-state index >= 15 is 0 Å². The second-order valence-electron chi connectivity index (χ2n) is 7.56. The second kappa shape index (κ2) is 8.44. The number of rotatable bonds is 6. The van der Waals surface area contributed by atoms with Crippen molar-refractivity contribution in [1.82, 2.24) is 14.7 Å². The fourth-order valence-corrected chi connectivity index (χ4v) is 3.91. The molecule has 0 fully saturated rings. The standard InChI is InChI=1S/C25H23N5O/c31-25(26-15-14-20-18-29-16-8-7-13-24(29)27-20)22-17-23(19-9-3-1-4-10-19)30(28-22)21-11-5-2-6-12-21/h1-13,16,18,23H,14-15,17H2,(H,26,31). The maximum atomic E-state index is 12.9. The Balaban J connectivity index is 1.28. The Labute approximate surface area is 180 Å². The molecule has 4 aromatic rings. The highest BCUT2D eigenvalue weighted by atomic mass is 16.2. The molecule has 5 rings (SSSR count). The molecule has 2 aromatic carbocycles. The van der Waals surface area contributed by atoms with Crippen molar-refractivity contribution < 1.29 is 4.79 Å². The molecule has 0 bridgehead atoms. The van der Waals surface area contributed by atoms with Gasteiger partial charge in [-0.25, -0.2) is 4.98 Å². The lowest BCUT2D eigenvalue weighted by molar-refractivity contribution is -0.114. The van der Waals surface area contributed by atoms with Crippen LogP contribution < -0.4 is 10.3 Å². The van der Waals surface area contributed by atoms with Gasteiger partial charge in [0.25, 0.3) is 5.91 Å². The topological polar surface area (TPSA) is 62.0 Å². The van der Waals surface area contributed by atoms with Crippen LogP contribution in [0.2, 0.25) is 0 Å². The number of fused-ring (bicyclic) bond motifs is 1. The monoisotopic (exact) mass is 409 g/mol. The van der Waals surface area contributed by atoms with Crippen molar-refractivity contribution in [3.8, 4) is 0 Å². The molecule has 1 atom stereocenters. The first-order chi connectivity index (χ1) is 15.3. The average molecular weight is 409 g/mol. The molecule has 6 nitrogen and oxygen atoms in total. The summed E-state index contributed by atoms with van der Waals surface area (Å²) in [6.45, 7) is 0.517. The van der Waals surface area contributed by atoms with E-state index in [4.69, 9.17) is 5.10 Å². The molecule has 2 aromatic heterocycles. The molecule has 3 heterocycles. The molecule has 1 unspecified atom stereocenters. The van der Waals surface area contributed by atoms with Crippen LogP contribution in [-0.4, -0.2) is 27.5 Å². The number of para-hydroxylation sites is 1. The number of nitrogens with one attached hydrogen (secondary N) is 1. The number of carbonyl (C=O) groups is 1. The minimum atomic E-state index is -0.122. The van der Waals surface area contributed by atoms with Crippen molar-refractivity contribution in [2.75, 3.05) is 11.6 Å². The predicted molar refractivity (Wildman–Crippen MR) is 122 cm³/mol. The van der Waals surface area contributed by atoms with Crippen LogP contribution in [0.4, 0.5) is 5.69 Å². The van der Waals surface area contributed by atoms with Gasteiger partial charge < -0.3 is 9.72 Å². The van der Waals surface area contributed by atoms with Gasteiger partial charge in [0.2, 0.25) is 0 Å². The van der Waals surface area contributed by atoms with E-state index in [1.165, 1.54) is 0 Å². The lowest BCUT2D eigenvalue weighted by atomic mass is 10.0. The van der Waals surface area contributed by atoms with Gasteiger partial charge in [-0.05, 0) is 29.8 Å². The number of hydrogen-bond acceptors (Lipinski definition) is 4. The Morgan fingerprint density at radius 2 is 1.71 bits per heavy atom. The summed E-state index contributed by atoms with van der Waals surface area (Å²) in [6.07, 6.45) is 5.21. The number of hydrogen-bond donors (Lipinski definition) is 1. The Morgan fingerprint density at radius 3 is 2.48 bits per heavy atom. The summed E-state index contributed by atoms with van der Waals surface area (Å²) < 4.78 is 1.99. The van der Waals surface area contributed by atoms with Gasteiger partial charge in [-0.15, -0.1) is 0 Å². The Kier molecular flexibility index (Phi) is 5.19. The molecule has 1 N–H and O–H groups in total. The number of benzene rings is 2. The van der Waals surface area contributed by atoms with Gasteiger partial charge in [0.15, 0.2) is 0 Å². The molecule has 0 radical (unpaired) electrons. The lowest BCUT2D eigenvalue weighted by Gasteiger charge is -2.23. The molecule has 0 saturated heterocycles. The van der Waals surface area contributed by atoms with E-state index in [2.05, 4.69) is 22.4 Å². The highest BCUT2D eigenvalue weighted by Gasteiger charge is 2.32. The van der Waals surface area contributed by atoms with Crippen molar-refractivity contribution in [2.45, 2.75) is 18.9 Å². The molecule has 154 valence electrons. The first-order valence-corrected chi connectivity index (χ1v) is 10.5. The van der Waals surface area contributed by atoms with Gasteiger partial charge in [0.05, 0.1) is 17.4 Å². The molecule has 0 saturated carbocycles. The van der Waals surface area contributed by atoms with E-state index in [1.54, 1.807) is 0 Å². The van der Waals surface area contributed by atoms with Gasteiger partial charge in [0.1, 0.15) is 11.4 Å². The Morgan fingerprint density at radius 1 is 0.968 bits per heavy atom. The minimum Gasteiger partial charge on any atom is -0.351 e. The molecule has 31 heavy (non-hydrogen) atoms. The number of amides is 1. The quantitative estimate of drug-likeness (QED) is 0.524. The second-order valence-corrected chi connectivity index (χ2v) is 7.56. The summed E-state index contributed by atoms with van der Waals surface area (Å²) in [7, 11) is 0. The fourth-order valence-electron chi connectivity index (χ4n) is 3.91.